The van der Waals surface area contributed by atoms with Gasteiger partial charge in [0.15, 0.2) is 0 Å². The molecule has 0 amide bonds. The maximum Gasteiger partial charge on any atom is 0.229 e. The normalized spacial score (nSPS) is 12.2. The van der Waals surface area contributed by atoms with Gasteiger partial charge in [-0.2, -0.15) is 0 Å². The molecule has 0 aliphatic rings. The second-order valence-corrected chi connectivity index (χ2v) is 7.24. The van der Waals surface area contributed by atoms with E-state index in [1.807, 2.05) is 36.4 Å². The summed E-state index contributed by atoms with van der Waals surface area (Å²) in [6.45, 7) is 2.11. The van der Waals surface area contributed by atoms with Crippen molar-refractivity contribution in [2.75, 3.05) is 0 Å². The van der Waals surface area contributed by atoms with Gasteiger partial charge in [-0.15, -0.1) is 0 Å². The fourth-order valence-corrected chi connectivity index (χ4v) is 3.67. The van der Waals surface area contributed by atoms with Crippen LogP contribution in [0.4, 0.5) is 0 Å². The molecule has 0 N–H and O–H groups in total. The lowest BCUT2D eigenvalue weighted by atomic mass is 9.85. The summed E-state index contributed by atoms with van der Waals surface area (Å²) in [4.78, 5) is 28.3. The topological polar surface area (TPSA) is 47.0 Å². The number of nitrogens with zero attached hydrogens (tertiary/aromatic N) is 1. The van der Waals surface area contributed by atoms with Crippen molar-refractivity contribution in [2.45, 2.75) is 25.7 Å². The minimum atomic E-state index is -0.336. The lowest BCUT2D eigenvalue weighted by Crippen LogP contribution is -2.40. The molecule has 1 atom stereocenters. The molecule has 1 heterocycles. The van der Waals surface area contributed by atoms with Crippen LogP contribution in [0.1, 0.15) is 35.1 Å². The lowest BCUT2D eigenvalue weighted by molar-refractivity contribution is 0.738. The molecule has 0 saturated heterocycles. The molecule has 1 unspecified atom stereocenters. The summed E-state index contributed by atoms with van der Waals surface area (Å²) in [5.41, 5.74) is 5.18. The van der Waals surface area contributed by atoms with E-state index in [-0.39, 0.29) is 16.8 Å². The monoisotopic (exact) mass is 367 g/mol. The zero-order chi connectivity index (χ0) is 19.5. The van der Waals surface area contributed by atoms with Crippen LogP contribution in [-0.2, 0) is 12.8 Å². The molecule has 4 rings (SSSR count). The fraction of sp³-hybridized carbons (Fsp3) is 0.160. The Morgan fingerprint density at radius 1 is 0.786 bits per heavy atom. The third-order valence-corrected chi connectivity index (χ3v) is 5.32. The highest BCUT2D eigenvalue weighted by Crippen LogP contribution is 2.26. The van der Waals surface area contributed by atoms with Gasteiger partial charge >= 0.3 is 0 Å². The molecule has 0 radical (unpaired) electrons. The Balaban J connectivity index is 1.57. The Kier molecular flexibility index (Phi) is 4.98. The molecule has 0 saturated carbocycles. The Hall–Kier alpha value is -3.33. The summed E-state index contributed by atoms with van der Waals surface area (Å²) in [6, 6.07) is 22.4. The van der Waals surface area contributed by atoms with Crippen LogP contribution in [0.3, 0.4) is 0 Å². The van der Waals surface area contributed by atoms with Crippen LogP contribution >= 0.6 is 0 Å². The highest BCUT2D eigenvalue weighted by molar-refractivity contribution is 5.64. The van der Waals surface area contributed by atoms with Crippen molar-refractivity contribution in [3.63, 3.8) is 0 Å². The second-order valence-electron chi connectivity index (χ2n) is 7.24. The molecule has 4 aromatic rings. The van der Waals surface area contributed by atoms with Gasteiger partial charge in [-0.25, -0.2) is 0 Å². The van der Waals surface area contributed by atoms with Crippen LogP contribution in [0.2, 0.25) is 0 Å². The Bertz CT molecular complexity index is 1160. The van der Waals surface area contributed by atoms with Gasteiger partial charge in [-0.05, 0) is 46.7 Å². The predicted molar refractivity (Wildman–Crippen MR) is 112 cm³/mol. The van der Waals surface area contributed by atoms with E-state index in [2.05, 4.69) is 42.2 Å². The van der Waals surface area contributed by atoms with Crippen molar-refractivity contribution in [3.8, 4) is 11.1 Å². The zero-order valence-corrected chi connectivity index (χ0v) is 15.8. The molecule has 3 heteroatoms. The molecular weight excluding hydrogens is 346 g/mol. The first-order chi connectivity index (χ1) is 13.6. The SMILES string of the molecule is CC(Cc1c(Cc2ccncc2)c(=O)c1=O)c1cccc(-c2ccccc2)c1. The summed E-state index contributed by atoms with van der Waals surface area (Å²) >= 11 is 0. The molecular formula is C25H21NO2. The van der Waals surface area contributed by atoms with Gasteiger partial charge in [0.2, 0.25) is 10.9 Å². The van der Waals surface area contributed by atoms with Gasteiger partial charge in [0.25, 0.3) is 0 Å². The second kappa shape index (κ2) is 7.73. The molecule has 28 heavy (non-hydrogen) atoms. The van der Waals surface area contributed by atoms with E-state index in [9.17, 15) is 9.59 Å². The molecule has 3 aromatic carbocycles. The molecule has 0 aliphatic heterocycles. The number of hydrogen-bond acceptors (Lipinski definition) is 3. The number of pyridine rings is 1. The largest absolute Gasteiger partial charge is 0.285 e. The van der Waals surface area contributed by atoms with Crippen LogP contribution in [0.25, 0.3) is 11.1 Å². The van der Waals surface area contributed by atoms with E-state index in [0.29, 0.717) is 24.0 Å². The number of hydrogen-bond donors (Lipinski definition) is 0. The van der Waals surface area contributed by atoms with Crippen molar-refractivity contribution in [3.05, 3.63) is 122 Å². The molecule has 0 aliphatic carbocycles. The van der Waals surface area contributed by atoms with E-state index in [0.717, 1.165) is 11.1 Å². The van der Waals surface area contributed by atoms with E-state index < -0.39 is 0 Å². The standard InChI is InChI=1S/C25H21NO2/c1-17(20-8-5-9-21(16-20)19-6-3-2-4-7-19)14-22-23(25(28)24(22)27)15-18-10-12-26-13-11-18/h2-13,16-17H,14-15H2,1H3. The first-order valence-electron chi connectivity index (χ1n) is 9.49. The first kappa shape index (κ1) is 18.1. The van der Waals surface area contributed by atoms with Crippen molar-refractivity contribution in [2.24, 2.45) is 0 Å². The lowest BCUT2D eigenvalue weighted by Gasteiger charge is -2.17. The van der Waals surface area contributed by atoms with Crippen molar-refractivity contribution in [1.29, 1.82) is 0 Å². The molecule has 1 aromatic heterocycles. The average molecular weight is 367 g/mol. The summed E-state index contributed by atoms with van der Waals surface area (Å²) in [7, 11) is 0. The number of rotatable bonds is 6. The Morgan fingerprint density at radius 3 is 2.21 bits per heavy atom. The molecule has 0 spiro atoms. The van der Waals surface area contributed by atoms with Crippen LogP contribution in [0.5, 0.6) is 0 Å². The molecule has 3 nitrogen and oxygen atoms in total. The van der Waals surface area contributed by atoms with Gasteiger partial charge in [-0.1, -0.05) is 61.5 Å². The Morgan fingerprint density at radius 2 is 1.46 bits per heavy atom. The highest BCUT2D eigenvalue weighted by atomic mass is 16.2. The first-order valence-corrected chi connectivity index (χ1v) is 9.49. The van der Waals surface area contributed by atoms with Crippen molar-refractivity contribution < 1.29 is 0 Å². The molecule has 0 bridgehead atoms. The summed E-state index contributed by atoms with van der Waals surface area (Å²) in [5.74, 6) is 0.156. The number of aromatic nitrogens is 1. The van der Waals surface area contributed by atoms with Crippen LogP contribution in [0.15, 0.2) is 88.7 Å². The maximum absolute atomic E-state index is 12.2. The van der Waals surface area contributed by atoms with E-state index in [1.54, 1.807) is 12.4 Å². The molecule has 138 valence electrons. The zero-order valence-electron chi connectivity index (χ0n) is 15.8. The van der Waals surface area contributed by atoms with E-state index >= 15 is 0 Å². The predicted octanol–water partition coefficient (Wildman–Crippen LogP) is 4.28. The van der Waals surface area contributed by atoms with Crippen molar-refractivity contribution in [1.82, 2.24) is 4.98 Å². The number of benzene rings is 2. The highest BCUT2D eigenvalue weighted by Gasteiger charge is 2.23. The average Bonchev–Trinajstić information content (AvgIpc) is 2.77. The van der Waals surface area contributed by atoms with Crippen LogP contribution < -0.4 is 10.9 Å². The van der Waals surface area contributed by atoms with Gasteiger partial charge in [-0.3, -0.25) is 14.6 Å². The minimum absolute atomic E-state index is 0.156. The smallest absolute Gasteiger partial charge is 0.229 e. The van der Waals surface area contributed by atoms with E-state index in [1.165, 1.54) is 11.1 Å². The maximum atomic E-state index is 12.2. The van der Waals surface area contributed by atoms with Gasteiger partial charge in [0.05, 0.1) is 0 Å². The quantitative estimate of drug-likeness (QED) is 0.478. The fourth-order valence-electron chi connectivity index (χ4n) is 3.67. The third-order valence-electron chi connectivity index (χ3n) is 5.32. The van der Waals surface area contributed by atoms with Crippen molar-refractivity contribution >= 4 is 0 Å². The van der Waals surface area contributed by atoms with Gasteiger partial charge in [0.1, 0.15) is 0 Å². The van der Waals surface area contributed by atoms with Gasteiger partial charge in [0, 0.05) is 29.9 Å². The summed E-state index contributed by atoms with van der Waals surface area (Å²) in [6.07, 6.45) is 4.50. The summed E-state index contributed by atoms with van der Waals surface area (Å²) in [5, 5.41) is 0. The Labute approximate surface area is 164 Å². The third kappa shape index (κ3) is 3.56. The van der Waals surface area contributed by atoms with Gasteiger partial charge < -0.3 is 0 Å². The minimum Gasteiger partial charge on any atom is -0.285 e. The molecule has 0 fully saturated rings. The van der Waals surface area contributed by atoms with Crippen LogP contribution in [0, 0.1) is 0 Å². The summed E-state index contributed by atoms with van der Waals surface area (Å²) < 4.78 is 0. The van der Waals surface area contributed by atoms with Crippen LogP contribution in [-0.4, -0.2) is 4.98 Å². The van der Waals surface area contributed by atoms with E-state index in [4.69, 9.17) is 0 Å².